The Bertz CT molecular complexity index is 494. The van der Waals surface area contributed by atoms with Crippen LogP contribution >= 0.6 is 11.8 Å². The summed E-state index contributed by atoms with van der Waals surface area (Å²) < 4.78 is 1.72. The van der Waals surface area contributed by atoms with Crippen LogP contribution in [0.2, 0.25) is 0 Å². The first kappa shape index (κ1) is 11.2. The number of aryl methyl sites for hydroxylation is 1. The first-order chi connectivity index (χ1) is 7.76. The van der Waals surface area contributed by atoms with Gasteiger partial charge in [0.2, 0.25) is 0 Å². The summed E-state index contributed by atoms with van der Waals surface area (Å²) in [4.78, 5) is 8.80. The van der Waals surface area contributed by atoms with Gasteiger partial charge in [0, 0.05) is 7.05 Å². The molecule has 0 unspecified atom stereocenters. The molecule has 3 N–H and O–H groups in total. The van der Waals surface area contributed by atoms with Gasteiger partial charge in [0.05, 0.1) is 17.3 Å². The first-order valence-electron chi connectivity index (χ1n) is 4.99. The number of hydrogen-bond acceptors (Lipinski definition) is 6. The third-order valence-electron chi connectivity index (χ3n) is 2.21. The van der Waals surface area contributed by atoms with E-state index >= 15 is 0 Å². The van der Waals surface area contributed by atoms with Gasteiger partial charge in [-0.3, -0.25) is 4.68 Å². The Morgan fingerprint density at radius 2 is 2.31 bits per heavy atom. The highest BCUT2D eigenvalue weighted by Crippen LogP contribution is 2.20. The molecular weight excluding hydrogens is 224 g/mol. The van der Waals surface area contributed by atoms with Gasteiger partial charge in [-0.2, -0.15) is 16.9 Å². The molecule has 16 heavy (non-hydrogen) atoms. The molecule has 86 valence electrons. The molecule has 0 bridgehead atoms. The molecule has 6 nitrogen and oxygen atoms in total. The number of hydrazine groups is 1. The highest BCUT2D eigenvalue weighted by molar-refractivity contribution is 7.98. The molecule has 2 heterocycles. The quantitative estimate of drug-likeness (QED) is 0.608. The van der Waals surface area contributed by atoms with Crippen molar-refractivity contribution in [2.75, 3.05) is 11.2 Å². The number of nitrogens with one attached hydrogen (secondary N) is 1. The molecule has 0 atom stereocenters. The third-order valence-corrected chi connectivity index (χ3v) is 3.08. The van der Waals surface area contributed by atoms with Gasteiger partial charge in [-0.25, -0.2) is 15.8 Å². The number of hydrogen-bond donors (Lipinski definition) is 2. The van der Waals surface area contributed by atoms with Crippen molar-refractivity contribution in [3.63, 3.8) is 0 Å². The summed E-state index contributed by atoms with van der Waals surface area (Å²) >= 11 is 1.77. The molecule has 2 aromatic heterocycles. The molecule has 0 spiro atoms. The Morgan fingerprint density at radius 3 is 3.00 bits per heavy atom. The lowest BCUT2D eigenvalue weighted by molar-refractivity contribution is 0.782. The fraction of sp³-hybridized carbons (Fsp3) is 0.444. The summed E-state index contributed by atoms with van der Waals surface area (Å²) in [5, 5.41) is 4.98. The Kier molecular flexibility index (Phi) is 3.25. The SMILES string of the molecule is CCSCc1nc(NN)c2cnn(C)c2n1. The topological polar surface area (TPSA) is 81.6 Å². The smallest absolute Gasteiger partial charge is 0.163 e. The van der Waals surface area contributed by atoms with E-state index in [0.29, 0.717) is 5.82 Å². The van der Waals surface area contributed by atoms with Crippen LogP contribution in [0, 0.1) is 0 Å². The van der Waals surface area contributed by atoms with Crippen molar-refractivity contribution in [2.24, 2.45) is 12.9 Å². The molecule has 0 aromatic carbocycles. The van der Waals surface area contributed by atoms with Crippen molar-refractivity contribution in [2.45, 2.75) is 12.7 Å². The highest BCUT2D eigenvalue weighted by Gasteiger charge is 2.10. The predicted octanol–water partition coefficient (Wildman–Crippen LogP) is 0.902. The van der Waals surface area contributed by atoms with Crippen LogP contribution in [0.1, 0.15) is 12.7 Å². The minimum atomic E-state index is 0.629. The van der Waals surface area contributed by atoms with E-state index in [0.717, 1.165) is 28.4 Å². The fourth-order valence-corrected chi connectivity index (χ4v) is 1.95. The number of anilines is 1. The largest absolute Gasteiger partial charge is 0.308 e. The summed E-state index contributed by atoms with van der Waals surface area (Å²) in [7, 11) is 1.85. The summed E-state index contributed by atoms with van der Waals surface area (Å²) in [5.41, 5.74) is 3.39. The molecule has 0 saturated carbocycles. The Hall–Kier alpha value is -1.34. The lowest BCUT2D eigenvalue weighted by Gasteiger charge is -2.04. The molecule has 0 aliphatic rings. The normalized spacial score (nSPS) is 10.9. The molecule has 0 aliphatic heterocycles. The Morgan fingerprint density at radius 1 is 1.50 bits per heavy atom. The Labute approximate surface area is 97.6 Å². The van der Waals surface area contributed by atoms with E-state index in [4.69, 9.17) is 5.84 Å². The maximum atomic E-state index is 5.44. The first-order valence-corrected chi connectivity index (χ1v) is 6.14. The number of nitrogens with two attached hydrogens (primary N) is 1. The van der Waals surface area contributed by atoms with Crippen LogP contribution in [-0.4, -0.2) is 25.5 Å². The predicted molar refractivity (Wildman–Crippen MR) is 66.0 cm³/mol. The summed E-state index contributed by atoms with van der Waals surface area (Å²) in [6.07, 6.45) is 1.71. The highest BCUT2D eigenvalue weighted by atomic mass is 32.2. The number of fused-ring (bicyclic) bond motifs is 1. The second-order valence-electron chi connectivity index (χ2n) is 3.28. The minimum Gasteiger partial charge on any atom is -0.308 e. The van der Waals surface area contributed by atoms with E-state index in [2.05, 4.69) is 27.4 Å². The monoisotopic (exact) mass is 238 g/mol. The van der Waals surface area contributed by atoms with Crippen molar-refractivity contribution < 1.29 is 0 Å². The van der Waals surface area contributed by atoms with E-state index < -0.39 is 0 Å². The lowest BCUT2D eigenvalue weighted by atomic mass is 10.4. The third kappa shape index (κ3) is 1.96. The molecule has 7 heteroatoms. The van der Waals surface area contributed by atoms with Crippen LogP contribution in [0.4, 0.5) is 5.82 Å². The zero-order chi connectivity index (χ0) is 11.5. The number of thioether (sulfide) groups is 1. The molecule has 0 fully saturated rings. The van der Waals surface area contributed by atoms with E-state index in [9.17, 15) is 0 Å². The van der Waals surface area contributed by atoms with Crippen LogP contribution in [0.15, 0.2) is 6.20 Å². The van der Waals surface area contributed by atoms with E-state index in [1.807, 2.05) is 7.05 Å². The van der Waals surface area contributed by atoms with Gasteiger partial charge in [0.1, 0.15) is 5.82 Å². The number of rotatable bonds is 4. The van der Waals surface area contributed by atoms with Crippen molar-refractivity contribution in [3.8, 4) is 0 Å². The van der Waals surface area contributed by atoms with Crippen LogP contribution < -0.4 is 11.3 Å². The lowest BCUT2D eigenvalue weighted by Crippen LogP contribution is -2.11. The zero-order valence-corrected chi connectivity index (χ0v) is 10.1. The molecule has 0 saturated heterocycles. The van der Waals surface area contributed by atoms with Gasteiger partial charge in [0.25, 0.3) is 0 Å². The maximum Gasteiger partial charge on any atom is 0.163 e. The van der Waals surface area contributed by atoms with Crippen LogP contribution in [0.25, 0.3) is 11.0 Å². The fourth-order valence-electron chi connectivity index (χ4n) is 1.44. The second kappa shape index (κ2) is 4.67. The molecule has 0 aliphatic carbocycles. The van der Waals surface area contributed by atoms with E-state index in [1.54, 1.807) is 22.6 Å². The van der Waals surface area contributed by atoms with Crippen molar-refractivity contribution in [3.05, 3.63) is 12.0 Å². The van der Waals surface area contributed by atoms with Crippen LogP contribution in [0.5, 0.6) is 0 Å². The van der Waals surface area contributed by atoms with Gasteiger partial charge in [-0.15, -0.1) is 0 Å². The summed E-state index contributed by atoms with van der Waals surface area (Å²) in [6, 6.07) is 0. The average molecular weight is 238 g/mol. The maximum absolute atomic E-state index is 5.44. The average Bonchev–Trinajstić information content (AvgIpc) is 2.68. The van der Waals surface area contributed by atoms with Gasteiger partial charge in [-0.1, -0.05) is 6.92 Å². The van der Waals surface area contributed by atoms with Crippen molar-refractivity contribution in [1.82, 2.24) is 19.7 Å². The van der Waals surface area contributed by atoms with E-state index in [1.165, 1.54) is 0 Å². The second-order valence-corrected chi connectivity index (χ2v) is 4.55. The number of nitrogen functional groups attached to an aromatic ring is 1. The standard InChI is InChI=1S/C9H14N6S/c1-3-16-5-7-12-8(14-10)6-4-11-15(2)9(6)13-7/h4H,3,5,10H2,1-2H3,(H,12,13,14). The minimum absolute atomic E-state index is 0.629. The molecule has 2 rings (SSSR count). The van der Waals surface area contributed by atoms with Crippen molar-refractivity contribution in [1.29, 1.82) is 0 Å². The molecule has 0 amide bonds. The molecular formula is C9H14N6S. The molecule has 0 radical (unpaired) electrons. The summed E-state index contributed by atoms with van der Waals surface area (Å²) in [6.45, 7) is 2.11. The van der Waals surface area contributed by atoms with Crippen LogP contribution in [0.3, 0.4) is 0 Å². The van der Waals surface area contributed by atoms with Crippen molar-refractivity contribution >= 4 is 28.6 Å². The zero-order valence-electron chi connectivity index (χ0n) is 9.27. The Balaban J connectivity index is 2.48. The van der Waals surface area contributed by atoms with Crippen LogP contribution in [-0.2, 0) is 12.8 Å². The van der Waals surface area contributed by atoms with Gasteiger partial charge in [-0.05, 0) is 5.75 Å². The molecule has 2 aromatic rings. The summed E-state index contributed by atoms with van der Waals surface area (Å²) in [5.74, 6) is 8.67. The van der Waals surface area contributed by atoms with Gasteiger partial charge in [0.15, 0.2) is 11.5 Å². The van der Waals surface area contributed by atoms with Gasteiger partial charge >= 0.3 is 0 Å². The number of aromatic nitrogens is 4. The number of nitrogens with zero attached hydrogens (tertiary/aromatic N) is 4. The van der Waals surface area contributed by atoms with Gasteiger partial charge < -0.3 is 5.43 Å². The van der Waals surface area contributed by atoms with E-state index in [-0.39, 0.29) is 0 Å².